The first-order valence-corrected chi connectivity index (χ1v) is 19.1. The number of nitrogens with zero attached hydrogens (tertiary/aromatic N) is 3. The van der Waals surface area contributed by atoms with Crippen LogP contribution in [0, 0.1) is 6.92 Å². The van der Waals surface area contributed by atoms with Crippen molar-refractivity contribution < 1.29 is 4.74 Å². The molecule has 0 N–H and O–H groups in total. The highest BCUT2D eigenvalue weighted by atomic mass is 28.3. The van der Waals surface area contributed by atoms with Crippen molar-refractivity contribution in [3.63, 3.8) is 0 Å². The van der Waals surface area contributed by atoms with Gasteiger partial charge in [-0.25, -0.2) is 0 Å². The van der Waals surface area contributed by atoms with Crippen molar-refractivity contribution in [1.82, 2.24) is 4.98 Å². The van der Waals surface area contributed by atoms with Crippen molar-refractivity contribution in [3.8, 4) is 33.9 Å². The lowest BCUT2D eigenvalue weighted by Crippen LogP contribution is -2.72. The Kier molecular flexibility index (Phi) is 7.40. The standard InChI is InChI=1S/C45H35N3OSi/c1-33-21-23-34(24-22-33)40-18-8-9-19-42(40)48-29-28-47(32-48)35-12-10-13-36(30-35)49-37-25-26-43-41(31-37)45-44(20-11-27-46-45)50(43,38-14-4-2-5-15-38)39-16-6-3-7-17-39/h2-31H,32H2,1H3. The van der Waals surface area contributed by atoms with Crippen molar-refractivity contribution in [1.29, 1.82) is 0 Å². The molecule has 1 aromatic heterocycles. The number of pyridine rings is 1. The minimum atomic E-state index is -2.57. The molecule has 0 bridgehead atoms. The summed E-state index contributed by atoms with van der Waals surface area (Å²) < 4.78 is 6.62. The molecule has 240 valence electrons. The van der Waals surface area contributed by atoms with Gasteiger partial charge in [-0.15, -0.1) is 0 Å². The first-order chi connectivity index (χ1) is 24.7. The lowest BCUT2D eigenvalue weighted by Gasteiger charge is -2.31. The molecule has 0 atom stereocenters. The van der Waals surface area contributed by atoms with E-state index in [1.165, 1.54) is 43.1 Å². The van der Waals surface area contributed by atoms with Crippen molar-refractivity contribution in [2.45, 2.75) is 6.92 Å². The van der Waals surface area contributed by atoms with Crippen molar-refractivity contribution in [2.75, 3.05) is 16.5 Å². The van der Waals surface area contributed by atoms with E-state index in [-0.39, 0.29) is 0 Å². The zero-order valence-corrected chi connectivity index (χ0v) is 28.8. The third-order valence-electron chi connectivity index (χ3n) is 9.97. The number of hydrogen-bond acceptors (Lipinski definition) is 4. The normalized spacial score (nSPS) is 14.0. The molecule has 0 unspecified atom stereocenters. The Morgan fingerprint density at radius 2 is 1.26 bits per heavy atom. The molecule has 9 rings (SSSR count). The zero-order valence-electron chi connectivity index (χ0n) is 27.8. The Labute approximate surface area is 294 Å². The number of rotatable bonds is 7. The van der Waals surface area contributed by atoms with Gasteiger partial charge in [0.2, 0.25) is 0 Å². The Hall–Kier alpha value is -6.17. The maximum atomic E-state index is 6.62. The lowest BCUT2D eigenvalue weighted by atomic mass is 10.0. The fraction of sp³-hybridized carbons (Fsp3) is 0.0444. The molecule has 2 aliphatic heterocycles. The van der Waals surface area contributed by atoms with Gasteiger partial charge in [0.25, 0.3) is 0 Å². The number of anilines is 2. The van der Waals surface area contributed by atoms with Gasteiger partial charge >= 0.3 is 0 Å². The van der Waals surface area contributed by atoms with Crippen LogP contribution in [0.1, 0.15) is 5.56 Å². The van der Waals surface area contributed by atoms with Crippen LogP contribution in [0.15, 0.2) is 182 Å². The summed E-state index contributed by atoms with van der Waals surface area (Å²) in [5.74, 6) is 1.59. The molecule has 0 radical (unpaired) electrons. The van der Waals surface area contributed by atoms with Crippen LogP contribution in [-0.2, 0) is 0 Å². The molecule has 0 spiro atoms. The average molecular weight is 662 g/mol. The van der Waals surface area contributed by atoms with E-state index < -0.39 is 8.07 Å². The van der Waals surface area contributed by atoms with Gasteiger partial charge in [-0.2, -0.15) is 0 Å². The van der Waals surface area contributed by atoms with Crippen LogP contribution in [0.5, 0.6) is 11.5 Å². The number of ether oxygens (including phenoxy) is 1. The largest absolute Gasteiger partial charge is 0.457 e. The predicted octanol–water partition coefficient (Wildman–Crippen LogP) is 7.96. The summed E-state index contributed by atoms with van der Waals surface area (Å²) in [6.45, 7) is 2.83. The van der Waals surface area contributed by atoms with Gasteiger partial charge in [0.1, 0.15) is 11.5 Å². The summed E-state index contributed by atoms with van der Waals surface area (Å²) in [5, 5.41) is 5.38. The topological polar surface area (TPSA) is 28.6 Å². The highest BCUT2D eigenvalue weighted by Crippen LogP contribution is 2.36. The number of benzene rings is 6. The number of para-hydroxylation sites is 1. The van der Waals surface area contributed by atoms with E-state index in [1.54, 1.807) is 0 Å². The monoisotopic (exact) mass is 661 g/mol. The molecule has 0 amide bonds. The highest BCUT2D eigenvalue weighted by Gasteiger charge is 2.49. The molecule has 50 heavy (non-hydrogen) atoms. The third kappa shape index (κ3) is 5.02. The smallest absolute Gasteiger partial charge is 0.182 e. The van der Waals surface area contributed by atoms with Crippen LogP contribution in [-0.4, -0.2) is 19.7 Å². The third-order valence-corrected chi connectivity index (χ3v) is 14.8. The summed E-state index contributed by atoms with van der Waals surface area (Å²) in [7, 11) is -2.57. The van der Waals surface area contributed by atoms with Crippen molar-refractivity contribution >= 4 is 40.2 Å². The first kappa shape index (κ1) is 29.9. The predicted molar refractivity (Wildman–Crippen MR) is 209 cm³/mol. The summed E-state index contributed by atoms with van der Waals surface area (Å²) in [4.78, 5) is 9.53. The molecule has 4 nitrogen and oxygen atoms in total. The van der Waals surface area contributed by atoms with Gasteiger partial charge in [0.05, 0.1) is 18.1 Å². The number of aryl methyl sites for hydroxylation is 1. The number of aromatic nitrogens is 1. The molecule has 0 saturated heterocycles. The van der Waals surface area contributed by atoms with Gasteiger partial charge < -0.3 is 14.5 Å². The zero-order chi connectivity index (χ0) is 33.5. The molecular formula is C45H35N3OSi. The summed E-state index contributed by atoms with van der Waals surface area (Å²) in [6.07, 6.45) is 6.20. The van der Waals surface area contributed by atoms with E-state index in [4.69, 9.17) is 9.72 Å². The molecule has 7 aromatic rings. The van der Waals surface area contributed by atoms with E-state index in [0.29, 0.717) is 6.67 Å². The van der Waals surface area contributed by atoms with E-state index in [9.17, 15) is 0 Å². The number of fused-ring (bicyclic) bond motifs is 3. The fourth-order valence-electron chi connectivity index (χ4n) is 7.65. The Morgan fingerprint density at radius 3 is 2.04 bits per heavy atom. The Balaban J connectivity index is 1.02. The van der Waals surface area contributed by atoms with Crippen molar-refractivity contribution in [2.24, 2.45) is 0 Å². The first-order valence-electron chi connectivity index (χ1n) is 17.1. The highest BCUT2D eigenvalue weighted by molar-refractivity contribution is 7.22. The molecule has 0 fully saturated rings. The van der Waals surface area contributed by atoms with Crippen molar-refractivity contribution in [3.05, 3.63) is 188 Å². The molecular weight excluding hydrogens is 627 g/mol. The summed E-state index contributed by atoms with van der Waals surface area (Å²) >= 11 is 0. The van der Waals surface area contributed by atoms with Gasteiger partial charge in [-0.05, 0) is 69.6 Å². The summed E-state index contributed by atoms with van der Waals surface area (Å²) in [5.41, 5.74) is 8.15. The van der Waals surface area contributed by atoms with Crippen LogP contribution in [0.4, 0.5) is 11.4 Å². The Bertz CT molecular complexity index is 2320. The molecule has 0 saturated carbocycles. The second-order valence-electron chi connectivity index (χ2n) is 13.0. The molecule has 3 heterocycles. The molecule has 2 aliphatic rings. The minimum Gasteiger partial charge on any atom is -0.457 e. The fourth-order valence-corrected chi connectivity index (χ4v) is 12.7. The quantitative estimate of drug-likeness (QED) is 0.162. The SMILES string of the molecule is Cc1ccc(-c2ccccc2N2C=CN(c3cccc(Oc4ccc5c(c4)-c4ncccc4[Si]5(c4ccccc4)c4ccccc4)c3)C2)cc1. The summed E-state index contributed by atoms with van der Waals surface area (Å²) in [6, 6.07) is 58.6. The van der Waals surface area contributed by atoms with Gasteiger partial charge in [0, 0.05) is 41.5 Å². The van der Waals surface area contributed by atoms with Crippen LogP contribution >= 0.6 is 0 Å². The second-order valence-corrected chi connectivity index (χ2v) is 16.7. The Morgan fingerprint density at radius 1 is 0.560 bits per heavy atom. The van der Waals surface area contributed by atoms with Crippen LogP contribution in [0.3, 0.4) is 0 Å². The van der Waals surface area contributed by atoms with Gasteiger partial charge in [-0.1, -0.05) is 127 Å². The lowest BCUT2D eigenvalue weighted by molar-refractivity contribution is 0.483. The van der Waals surface area contributed by atoms with E-state index >= 15 is 0 Å². The molecule has 6 aromatic carbocycles. The van der Waals surface area contributed by atoms with E-state index in [2.05, 4.69) is 187 Å². The van der Waals surface area contributed by atoms with E-state index in [0.717, 1.165) is 28.4 Å². The molecule has 0 aliphatic carbocycles. The minimum absolute atomic E-state index is 0.708. The van der Waals surface area contributed by atoms with E-state index in [1.807, 2.05) is 12.3 Å². The van der Waals surface area contributed by atoms with Crippen LogP contribution in [0.2, 0.25) is 0 Å². The van der Waals surface area contributed by atoms with Gasteiger partial charge in [-0.3, -0.25) is 4.98 Å². The van der Waals surface area contributed by atoms with Crippen LogP contribution in [0.25, 0.3) is 22.4 Å². The molecule has 5 heteroatoms. The number of hydrogen-bond donors (Lipinski definition) is 0. The van der Waals surface area contributed by atoms with Crippen LogP contribution < -0.4 is 35.3 Å². The maximum absolute atomic E-state index is 6.62. The maximum Gasteiger partial charge on any atom is 0.182 e. The average Bonchev–Trinajstić information content (AvgIpc) is 3.78. The van der Waals surface area contributed by atoms with Gasteiger partial charge in [0.15, 0.2) is 8.07 Å². The second kappa shape index (κ2) is 12.4.